The fourth-order valence-electron chi connectivity index (χ4n) is 4.90. The van der Waals surface area contributed by atoms with Gasteiger partial charge in [-0.1, -0.05) is 51.1 Å². The maximum atomic E-state index is 6.56. The molecule has 42 heavy (non-hydrogen) atoms. The van der Waals surface area contributed by atoms with E-state index < -0.39 is 0 Å². The second-order valence-electron chi connectivity index (χ2n) is 11.2. The first-order chi connectivity index (χ1) is 20.3. The Bertz CT molecular complexity index is 1380. The van der Waals surface area contributed by atoms with Crippen LogP contribution in [0.1, 0.15) is 32.8 Å². The van der Waals surface area contributed by atoms with Gasteiger partial charge in [0.1, 0.15) is 34.5 Å². The van der Waals surface area contributed by atoms with Gasteiger partial charge in [0, 0.05) is 28.7 Å². The zero-order valence-corrected chi connectivity index (χ0v) is 25.8. The third-order valence-corrected chi connectivity index (χ3v) is 6.87. The monoisotopic (exact) mass is 570 g/mol. The van der Waals surface area contributed by atoms with E-state index in [1.165, 1.54) is 5.56 Å². The molecule has 4 aromatic carbocycles. The van der Waals surface area contributed by atoms with Crippen molar-refractivity contribution in [1.29, 1.82) is 0 Å². The fourth-order valence-corrected chi connectivity index (χ4v) is 4.90. The van der Waals surface area contributed by atoms with Gasteiger partial charge in [0.15, 0.2) is 0 Å². The van der Waals surface area contributed by atoms with E-state index in [1.807, 2.05) is 66.7 Å². The van der Waals surface area contributed by atoms with Crippen molar-refractivity contribution in [3.05, 3.63) is 84.4 Å². The van der Waals surface area contributed by atoms with E-state index in [0.29, 0.717) is 36.9 Å². The minimum absolute atomic E-state index is 0.249. The minimum Gasteiger partial charge on any atom is -0.497 e. The molecule has 0 radical (unpaired) electrons. The van der Waals surface area contributed by atoms with Gasteiger partial charge in [0.05, 0.1) is 41.7 Å². The standard InChI is InChI=1S/C36H42O6/c1-36(2,3)24-25-12-14-26(15-13-25)41-20-9-21-42-35-29(31-22-27(37-4)16-18-33(31)39-6)10-8-11-30(35)32-23-28(38-5)17-19-34(32)40-7/h8,10-19,22-23H,9,20-21,24H2,1-7H3. The molecule has 4 rings (SSSR count). The van der Waals surface area contributed by atoms with E-state index in [4.69, 9.17) is 28.4 Å². The van der Waals surface area contributed by atoms with Gasteiger partial charge >= 0.3 is 0 Å². The molecule has 0 unspecified atom stereocenters. The van der Waals surface area contributed by atoms with Crippen molar-refractivity contribution < 1.29 is 28.4 Å². The summed E-state index contributed by atoms with van der Waals surface area (Å²) in [7, 11) is 6.62. The molecule has 0 amide bonds. The molecule has 6 nitrogen and oxygen atoms in total. The lowest BCUT2D eigenvalue weighted by Crippen LogP contribution is -2.09. The van der Waals surface area contributed by atoms with Crippen molar-refractivity contribution in [2.24, 2.45) is 5.41 Å². The van der Waals surface area contributed by atoms with Crippen molar-refractivity contribution >= 4 is 0 Å². The van der Waals surface area contributed by atoms with E-state index in [9.17, 15) is 0 Å². The maximum absolute atomic E-state index is 6.56. The van der Waals surface area contributed by atoms with Crippen LogP contribution in [0.25, 0.3) is 22.3 Å². The number of methoxy groups -OCH3 is 4. The zero-order chi connectivity index (χ0) is 30.1. The first kappa shape index (κ1) is 30.6. The second kappa shape index (κ2) is 14.0. The molecule has 0 aliphatic rings. The van der Waals surface area contributed by atoms with Crippen molar-refractivity contribution in [1.82, 2.24) is 0 Å². The van der Waals surface area contributed by atoms with Crippen LogP contribution in [0.3, 0.4) is 0 Å². The Hall–Kier alpha value is -4.32. The normalized spacial score (nSPS) is 11.1. The Morgan fingerprint density at radius 1 is 0.524 bits per heavy atom. The van der Waals surface area contributed by atoms with E-state index in [1.54, 1.807) is 28.4 Å². The molecule has 0 spiro atoms. The summed E-state index contributed by atoms with van der Waals surface area (Å²) in [6, 6.07) is 25.9. The van der Waals surface area contributed by atoms with E-state index >= 15 is 0 Å². The lowest BCUT2D eigenvalue weighted by molar-refractivity contribution is 0.248. The molecule has 0 bridgehead atoms. The van der Waals surface area contributed by atoms with Gasteiger partial charge in [-0.25, -0.2) is 0 Å². The quantitative estimate of drug-likeness (QED) is 0.150. The van der Waals surface area contributed by atoms with Gasteiger partial charge in [0.2, 0.25) is 0 Å². The van der Waals surface area contributed by atoms with E-state index in [2.05, 4.69) is 32.9 Å². The predicted molar refractivity (Wildman–Crippen MR) is 169 cm³/mol. The molecule has 4 aromatic rings. The van der Waals surface area contributed by atoms with Crippen LogP contribution in [0, 0.1) is 5.41 Å². The molecule has 222 valence electrons. The highest BCUT2D eigenvalue weighted by atomic mass is 16.5. The van der Waals surface area contributed by atoms with Crippen molar-refractivity contribution in [3.63, 3.8) is 0 Å². The lowest BCUT2D eigenvalue weighted by Gasteiger charge is -2.20. The third-order valence-electron chi connectivity index (χ3n) is 6.87. The summed E-state index contributed by atoms with van der Waals surface area (Å²) in [6.07, 6.45) is 1.72. The Morgan fingerprint density at radius 2 is 1.02 bits per heavy atom. The Kier molecular flexibility index (Phi) is 10.2. The summed E-state index contributed by atoms with van der Waals surface area (Å²) >= 11 is 0. The summed E-state index contributed by atoms with van der Waals surface area (Å²) < 4.78 is 35.1. The van der Waals surface area contributed by atoms with Gasteiger partial charge in [-0.2, -0.15) is 0 Å². The SMILES string of the molecule is COc1ccc(OC)c(-c2cccc(-c3cc(OC)ccc3OC)c2OCCCOc2ccc(CC(C)(C)C)cc2)c1. The highest BCUT2D eigenvalue weighted by Gasteiger charge is 2.20. The van der Waals surface area contributed by atoms with Crippen LogP contribution in [0.4, 0.5) is 0 Å². The second-order valence-corrected chi connectivity index (χ2v) is 11.2. The molecular formula is C36H42O6. The van der Waals surface area contributed by atoms with Crippen LogP contribution in [-0.2, 0) is 6.42 Å². The first-order valence-corrected chi connectivity index (χ1v) is 14.2. The largest absolute Gasteiger partial charge is 0.497 e. The van der Waals surface area contributed by atoms with E-state index in [-0.39, 0.29) is 5.41 Å². The lowest BCUT2D eigenvalue weighted by atomic mass is 9.88. The molecule has 0 fully saturated rings. The average molecular weight is 571 g/mol. The Balaban J connectivity index is 1.61. The molecule has 0 saturated heterocycles. The molecule has 0 N–H and O–H groups in total. The average Bonchev–Trinajstić information content (AvgIpc) is 3.00. The maximum Gasteiger partial charge on any atom is 0.135 e. The number of para-hydroxylation sites is 1. The highest BCUT2D eigenvalue weighted by Crippen LogP contribution is 2.46. The first-order valence-electron chi connectivity index (χ1n) is 14.2. The van der Waals surface area contributed by atoms with Gasteiger partial charge in [-0.3, -0.25) is 0 Å². The van der Waals surface area contributed by atoms with Crippen LogP contribution in [-0.4, -0.2) is 41.7 Å². The number of hydrogen-bond acceptors (Lipinski definition) is 6. The Morgan fingerprint density at radius 3 is 1.50 bits per heavy atom. The van der Waals surface area contributed by atoms with Crippen molar-refractivity contribution in [2.75, 3.05) is 41.7 Å². The van der Waals surface area contributed by atoms with E-state index in [0.717, 1.165) is 45.9 Å². The molecular weight excluding hydrogens is 528 g/mol. The number of rotatable bonds is 13. The number of hydrogen-bond donors (Lipinski definition) is 0. The molecule has 6 heteroatoms. The van der Waals surface area contributed by atoms with Crippen LogP contribution in [0.2, 0.25) is 0 Å². The minimum atomic E-state index is 0.249. The smallest absolute Gasteiger partial charge is 0.135 e. The molecule has 0 aliphatic heterocycles. The third kappa shape index (κ3) is 7.69. The number of ether oxygens (including phenoxy) is 6. The van der Waals surface area contributed by atoms with Gasteiger partial charge in [-0.05, 0) is 65.9 Å². The molecule has 0 saturated carbocycles. The summed E-state index contributed by atoms with van der Waals surface area (Å²) in [4.78, 5) is 0. The molecule has 0 aromatic heterocycles. The summed E-state index contributed by atoms with van der Waals surface area (Å²) in [6.45, 7) is 7.72. The Labute approximate surface area is 250 Å². The molecule has 0 atom stereocenters. The molecule has 0 heterocycles. The van der Waals surface area contributed by atoms with Crippen LogP contribution in [0.15, 0.2) is 78.9 Å². The van der Waals surface area contributed by atoms with Gasteiger partial charge in [0.25, 0.3) is 0 Å². The highest BCUT2D eigenvalue weighted by molar-refractivity contribution is 5.87. The van der Waals surface area contributed by atoms with Crippen molar-refractivity contribution in [3.8, 4) is 56.8 Å². The molecule has 0 aliphatic carbocycles. The van der Waals surface area contributed by atoms with Gasteiger partial charge < -0.3 is 28.4 Å². The zero-order valence-electron chi connectivity index (χ0n) is 25.8. The summed E-state index contributed by atoms with van der Waals surface area (Å²) in [5, 5.41) is 0. The van der Waals surface area contributed by atoms with Crippen molar-refractivity contribution in [2.45, 2.75) is 33.6 Å². The summed E-state index contributed by atoms with van der Waals surface area (Å²) in [5.74, 6) is 4.45. The van der Waals surface area contributed by atoms with Gasteiger partial charge in [-0.15, -0.1) is 0 Å². The van der Waals surface area contributed by atoms with Crippen LogP contribution < -0.4 is 28.4 Å². The van der Waals surface area contributed by atoms with Crippen LogP contribution in [0.5, 0.6) is 34.5 Å². The summed E-state index contributed by atoms with van der Waals surface area (Å²) in [5.41, 5.74) is 5.04. The predicted octanol–water partition coefficient (Wildman–Crippen LogP) is 8.49. The topological polar surface area (TPSA) is 55.4 Å². The van der Waals surface area contributed by atoms with Crippen LogP contribution >= 0.6 is 0 Å². The fraction of sp³-hybridized carbons (Fsp3) is 0.333. The number of benzene rings is 4.